The molecule has 0 bridgehead atoms. The van der Waals surface area contributed by atoms with Gasteiger partial charge in [-0.15, -0.1) is 10.2 Å². The highest BCUT2D eigenvalue weighted by Crippen LogP contribution is 2.30. The summed E-state index contributed by atoms with van der Waals surface area (Å²) < 4.78 is 0. The van der Waals surface area contributed by atoms with Gasteiger partial charge in [-0.3, -0.25) is 0 Å². The largest absolute Gasteiger partial charge is 0.506 e. The maximum atomic E-state index is 9.44. The zero-order valence-corrected chi connectivity index (χ0v) is 10.4. The average Bonchev–Trinajstić information content (AvgIpc) is 2.42. The van der Waals surface area contributed by atoms with Crippen LogP contribution < -0.4 is 0 Å². The maximum absolute atomic E-state index is 9.44. The third-order valence-corrected chi connectivity index (χ3v) is 2.03. The van der Waals surface area contributed by atoms with Crippen molar-refractivity contribution in [1.82, 2.24) is 0 Å². The first kappa shape index (κ1) is 13.7. The van der Waals surface area contributed by atoms with Gasteiger partial charge in [0.1, 0.15) is 22.9 Å². The summed E-state index contributed by atoms with van der Waals surface area (Å²) in [4.78, 5) is 0. The molecule has 94 valence electrons. The fourth-order valence-corrected chi connectivity index (χ4v) is 1.21. The van der Waals surface area contributed by atoms with E-state index in [-0.39, 0.29) is 11.5 Å². The van der Waals surface area contributed by atoms with Gasteiger partial charge in [-0.1, -0.05) is 38.1 Å². The Morgan fingerprint density at radius 1 is 0.667 bits per heavy atom. The van der Waals surface area contributed by atoms with E-state index in [4.69, 9.17) is 0 Å². The molecule has 0 aliphatic heterocycles. The number of phenolic OH excluding ortho intramolecular Hbond substituents is 2. The van der Waals surface area contributed by atoms with E-state index in [9.17, 15) is 10.2 Å². The van der Waals surface area contributed by atoms with Gasteiger partial charge in [0.15, 0.2) is 0 Å². The number of aromatic hydroxyl groups is 2. The van der Waals surface area contributed by atoms with E-state index in [2.05, 4.69) is 10.2 Å². The molecule has 2 N–H and O–H groups in total. The minimum absolute atomic E-state index is 0.0571. The van der Waals surface area contributed by atoms with Crippen LogP contribution in [0.2, 0.25) is 0 Å². The predicted octanol–water partition coefficient (Wildman–Crippen LogP) is 4.54. The molecule has 2 aromatic carbocycles. The van der Waals surface area contributed by atoms with Crippen LogP contribution in [-0.2, 0) is 0 Å². The van der Waals surface area contributed by atoms with Crippen molar-refractivity contribution in [2.45, 2.75) is 13.8 Å². The van der Waals surface area contributed by atoms with Crippen LogP contribution in [0, 0.1) is 0 Å². The van der Waals surface area contributed by atoms with Crippen LogP contribution in [-0.4, -0.2) is 10.2 Å². The van der Waals surface area contributed by atoms with E-state index in [0.29, 0.717) is 11.4 Å². The van der Waals surface area contributed by atoms with Crippen molar-refractivity contribution in [3.63, 3.8) is 0 Å². The number of hydrogen-bond donors (Lipinski definition) is 2. The van der Waals surface area contributed by atoms with Crippen molar-refractivity contribution in [2.24, 2.45) is 10.2 Å². The predicted molar refractivity (Wildman–Crippen MR) is 71.7 cm³/mol. The Morgan fingerprint density at radius 3 is 1.33 bits per heavy atom. The third-order valence-electron chi connectivity index (χ3n) is 2.03. The average molecular weight is 244 g/mol. The van der Waals surface area contributed by atoms with Gasteiger partial charge in [-0.25, -0.2) is 0 Å². The third kappa shape index (κ3) is 3.59. The van der Waals surface area contributed by atoms with Crippen LogP contribution >= 0.6 is 0 Å². The lowest BCUT2D eigenvalue weighted by molar-refractivity contribution is 0.474. The molecule has 4 heteroatoms. The van der Waals surface area contributed by atoms with Crippen LogP contribution in [0.15, 0.2) is 58.8 Å². The van der Waals surface area contributed by atoms with Crippen LogP contribution in [0.25, 0.3) is 0 Å². The smallest absolute Gasteiger partial charge is 0.143 e. The van der Waals surface area contributed by atoms with Gasteiger partial charge < -0.3 is 10.2 Å². The number of nitrogens with zero attached hydrogens (tertiary/aromatic N) is 2. The topological polar surface area (TPSA) is 65.2 Å². The zero-order chi connectivity index (χ0) is 13.4. The Balaban J connectivity index is 0.000000771. The van der Waals surface area contributed by atoms with Crippen LogP contribution in [0.4, 0.5) is 11.4 Å². The zero-order valence-electron chi connectivity index (χ0n) is 10.4. The number of benzene rings is 2. The van der Waals surface area contributed by atoms with Gasteiger partial charge in [-0.05, 0) is 24.3 Å². The second kappa shape index (κ2) is 7.06. The Bertz CT molecular complexity index is 477. The lowest BCUT2D eigenvalue weighted by Gasteiger charge is -1.97. The van der Waals surface area contributed by atoms with Gasteiger partial charge in [-0.2, -0.15) is 0 Å². The Labute approximate surface area is 106 Å². The molecule has 0 aliphatic rings. The summed E-state index contributed by atoms with van der Waals surface area (Å²) in [6, 6.07) is 13.2. The summed E-state index contributed by atoms with van der Waals surface area (Å²) in [5.74, 6) is 0.114. The summed E-state index contributed by atoms with van der Waals surface area (Å²) in [7, 11) is 0. The standard InChI is InChI=1S/C12H10N2O2.C2H6/c15-11-7-3-1-5-9(11)13-14-10-6-2-4-8-12(10)16;1-2/h1-8,15-16H;1-2H3. The fraction of sp³-hybridized carbons (Fsp3) is 0.143. The Hall–Kier alpha value is -2.36. The monoisotopic (exact) mass is 244 g/mol. The molecule has 0 saturated heterocycles. The highest BCUT2D eigenvalue weighted by molar-refractivity contribution is 5.53. The molecular weight excluding hydrogens is 228 g/mol. The second-order valence-corrected chi connectivity index (χ2v) is 3.18. The minimum Gasteiger partial charge on any atom is -0.506 e. The first-order valence-corrected chi connectivity index (χ1v) is 5.75. The van der Waals surface area contributed by atoms with E-state index in [1.54, 1.807) is 36.4 Å². The van der Waals surface area contributed by atoms with Gasteiger partial charge >= 0.3 is 0 Å². The van der Waals surface area contributed by atoms with Crippen molar-refractivity contribution >= 4 is 11.4 Å². The van der Waals surface area contributed by atoms with Gasteiger partial charge in [0.2, 0.25) is 0 Å². The van der Waals surface area contributed by atoms with Crippen molar-refractivity contribution in [2.75, 3.05) is 0 Å². The van der Waals surface area contributed by atoms with Crippen LogP contribution in [0.5, 0.6) is 11.5 Å². The Kier molecular flexibility index (Phi) is 5.38. The number of azo groups is 1. The molecule has 0 amide bonds. The summed E-state index contributed by atoms with van der Waals surface area (Å²) in [5, 5.41) is 26.6. The molecule has 0 radical (unpaired) electrons. The van der Waals surface area contributed by atoms with E-state index in [1.165, 1.54) is 12.1 Å². The first-order chi connectivity index (χ1) is 8.77. The molecule has 2 rings (SSSR count). The molecule has 0 aliphatic carbocycles. The number of rotatable bonds is 2. The van der Waals surface area contributed by atoms with Crippen LogP contribution in [0.3, 0.4) is 0 Å². The summed E-state index contributed by atoms with van der Waals surface area (Å²) in [6.07, 6.45) is 0. The normalized spacial score (nSPS) is 9.89. The van der Waals surface area contributed by atoms with Crippen molar-refractivity contribution in [3.05, 3.63) is 48.5 Å². The molecule has 0 atom stereocenters. The van der Waals surface area contributed by atoms with E-state index in [0.717, 1.165) is 0 Å². The van der Waals surface area contributed by atoms with E-state index < -0.39 is 0 Å². The molecule has 18 heavy (non-hydrogen) atoms. The second-order valence-electron chi connectivity index (χ2n) is 3.18. The molecule has 0 spiro atoms. The lowest BCUT2D eigenvalue weighted by atomic mass is 10.3. The first-order valence-electron chi connectivity index (χ1n) is 5.75. The SMILES string of the molecule is CC.Oc1ccccc1N=Nc1ccccc1O. The number of para-hydroxylation sites is 2. The fourth-order valence-electron chi connectivity index (χ4n) is 1.21. The molecule has 0 saturated carbocycles. The van der Waals surface area contributed by atoms with Crippen molar-refractivity contribution in [3.8, 4) is 11.5 Å². The number of phenols is 2. The van der Waals surface area contributed by atoms with Crippen LogP contribution in [0.1, 0.15) is 13.8 Å². The van der Waals surface area contributed by atoms with Crippen molar-refractivity contribution in [1.29, 1.82) is 0 Å². The summed E-state index contributed by atoms with van der Waals surface area (Å²) in [5.41, 5.74) is 0.733. The van der Waals surface area contributed by atoms with Gasteiger partial charge in [0.25, 0.3) is 0 Å². The molecular formula is C14H16N2O2. The quantitative estimate of drug-likeness (QED) is 0.761. The molecule has 0 fully saturated rings. The van der Waals surface area contributed by atoms with Gasteiger partial charge in [0, 0.05) is 0 Å². The highest BCUT2D eigenvalue weighted by Gasteiger charge is 1.99. The van der Waals surface area contributed by atoms with Crippen molar-refractivity contribution < 1.29 is 10.2 Å². The Morgan fingerprint density at radius 2 is 1.00 bits per heavy atom. The highest BCUT2D eigenvalue weighted by atomic mass is 16.3. The van der Waals surface area contributed by atoms with E-state index >= 15 is 0 Å². The van der Waals surface area contributed by atoms with Gasteiger partial charge in [0.05, 0.1) is 0 Å². The summed E-state index contributed by atoms with van der Waals surface area (Å²) in [6.45, 7) is 4.00. The lowest BCUT2D eigenvalue weighted by Crippen LogP contribution is -1.68. The maximum Gasteiger partial charge on any atom is 0.143 e. The molecule has 2 aromatic rings. The molecule has 4 nitrogen and oxygen atoms in total. The molecule has 0 heterocycles. The minimum atomic E-state index is 0.0571. The molecule has 0 unspecified atom stereocenters. The summed E-state index contributed by atoms with van der Waals surface area (Å²) >= 11 is 0. The molecule has 0 aromatic heterocycles. The van der Waals surface area contributed by atoms with E-state index in [1.807, 2.05) is 13.8 Å². The number of hydrogen-bond acceptors (Lipinski definition) is 4.